The molecule has 0 aliphatic carbocycles. The molecule has 1 aromatic rings. The molecule has 1 aromatic heterocycles. The number of thiophene rings is 1. The minimum absolute atomic E-state index is 0.465. The maximum absolute atomic E-state index is 12.6. The van der Waals surface area contributed by atoms with E-state index < -0.39 is 10.0 Å². The van der Waals surface area contributed by atoms with Crippen molar-refractivity contribution in [2.75, 3.05) is 19.6 Å². The van der Waals surface area contributed by atoms with Crippen LogP contribution in [-0.4, -0.2) is 32.4 Å². The molecule has 20 heavy (non-hydrogen) atoms. The Bertz CT molecular complexity index is 477. The third-order valence-electron chi connectivity index (χ3n) is 2.93. The average Bonchev–Trinajstić information content (AvgIpc) is 2.88. The Hall–Kier alpha value is -0.430. The van der Waals surface area contributed by atoms with Crippen LogP contribution >= 0.6 is 11.3 Å². The lowest BCUT2D eigenvalue weighted by Gasteiger charge is -2.19. The largest absolute Gasteiger partial charge is 0.313 e. The highest BCUT2D eigenvalue weighted by molar-refractivity contribution is 7.91. The predicted octanol–water partition coefficient (Wildman–Crippen LogP) is 3.06. The molecular formula is C14H26N2O2S2. The molecule has 116 valence electrons. The summed E-state index contributed by atoms with van der Waals surface area (Å²) < 4.78 is 27.2. The quantitative estimate of drug-likeness (QED) is 0.675. The summed E-state index contributed by atoms with van der Waals surface area (Å²) in [7, 11) is -3.31. The van der Waals surface area contributed by atoms with Crippen LogP contribution in [-0.2, 0) is 16.6 Å². The van der Waals surface area contributed by atoms with Crippen molar-refractivity contribution in [1.82, 2.24) is 9.62 Å². The van der Waals surface area contributed by atoms with Crippen molar-refractivity contribution in [2.24, 2.45) is 0 Å². The Balaban J connectivity index is 2.80. The minimum Gasteiger partial charge on any atom is -0.313 e. The standard InChI is InChI=1S/C14H26N2O2S2/c1-4-7-15-11-13-10-14(19-12-13)20(17,18)16(8-5-2)9-6-3/h10,12,15H,4-9,11H2,1-3H3. The van der Waals surface area contributed by atoms with Crippen LogP contribution in [0.25, 0.3) is 0 Å². The number of nitrogens with zero attached hydrogens (tertiary/aromatic N) is 1. The molecule has 0 atom stereocenters. The van der Waals surface area contributed by atoms with E-state index in [0.717, 1.165) is 37.9 Å². The van der Waals surface area contributed by atoms with Crippen molar-refractivity contribution in [3.63, 3.8) is 0 Å². The maximum Gasteiger partial charge on any atom is 0.252 e. The van der Waals surface area contributed by atoms with Gasteiger partial charge in [0.25, 0.3) is 10.0 Å². The first kappa shape index (κ1) is 17.6. The summed E-state index contributed by atoms with van der Waals surface area (Å²) in [6.45, 7) is 9.01. The van der Waals surface area contributed by atoms with E-state index in [1.165, 1.54) is 11.3 Å². The van der Waals surface area contributed by atoms with Crippen molar-refractivity contribution in [3.05, 3.63) is 17.0 Å². The molecule has 0 fully saturated rings. The van der Waals surface area contributed by atoms with Gasteiger partial charge >= 0.3 is 0 Å². The van der Waals surface area contributed by atoms with Crippen LogP contribution in [0.15, 0.2) is 15.7 Å². The van der Waals surface area contributed by atoms with Crippen LogP contribution in [0.5, 0.6) is 0 Å². The van der Waals surface area contributed by atoms with Crippen LogP contribution in [0.2, 0.25) is 0 Å². The fourth-order valence-electron chi connectivity index (χ4n) is 1.97. The van der Waals surface area contributed by atoms with Gasteiger partial charge in [-0.2, -0.15) is 4.31 Å². The summed E-state index contributed by atoms with van der Waals surface area (Å²) in [5.41, 5.74) is 1.05. The van der Waals surface area contributed by atoms with Gasteiger partial charge in [-0.1, -0.05) is 20.8 Å². The molecule has 0 radical (unpaired) electrons. The second-order valence-electron chi connectivity index (χ2n) is 4.85. The van der Waals surface area contributed by atoms with Gasteiger partial charge in [-0.15, -0.1) is 11.3 Å². The van der Waals surface area contributed by atoms with Gasteiger partial charge in [-0.25, -0.2) is 8.42 Å². The minimum atomic E-state index is -3.31. The van der Waals surface area contributed by atoms with E-state index in [2.05, 4.69) is 12.2 Å². The first-order chi connectivity index (χ1) is 9.56. The fourth-order valence-corrected chi connectivity index (χ4v) is 4.95. The van der Waals surface area contributed by atoms with Crippen LogP contribution in [0.3, 0.4) is 0 Å². The van der Waals surface area contributed by atoms with E-state index in [4.69, 9.17) is 0 Å². The lowest BCUT2D eigenvalue weighted by molar-refractivity contribution is 0.411. The monoisotopic (exact) mass is 318 g/mol. The smallest absolute Gasteiger partial charge is 0.252 e. The summed E-state index contributed by atoms with van der Waals surface area (Å²) in [5, 5.41) is 5.23. The number of rotatable bonds is 10. The zero-order chi connectivity index (χ0) is 15.0. The average molecular weight is 319 g/mol. The highest BCUT2D eigenvalue weighted by Crippen LogP contribution is 2.24. The Morgan fingerprint density at radius 2 is 1.80 bits per heavy atom. The molecule has 0 aliphatic heterocycles. The second kappa shape index (κ2) is 8.77. The van der Waals surface area contributed by atoms with Crippen LogP contribution in [0.1, 0.15) is 45.6 Å². The zero-order valence-electron chi connectivity index (χ0n) is 12.7. The van der Waals surface area contributed by atoms with Crippen molar-refractivity contribution >= 4 is 21.4 Å². The van der Waals surface area contributed by atoms with Gasteiger partial charge in [0, 0.05) is 19.6 Å². The fraction of sp³-hybridized carbons (Fsp3) is 0.714. The Morgan fingerprint density at radius 1 is 1.15 bits per heavy atom. The summed E-state index contributed by atoms with van der Waals surface area (Å²) in [6.07, 6.45) is 2.76. The molecule has 0 amide bonds. The van der Waals surface area contributed by atoms with Gasteiger partial charge in [-0.3, -0.25) is 0 Å². The van der Waals surface area contributed by atoms with Gasteiger partial charge in [0.15, 0.2) is 0 Å². The molecule has 1 N–H and O–H groups in total. The summed E-state index contributed by atoms with van der Waals surface area (Å²) in [6, 6.07) is 1.81. The van der Waals surface area contributed by atoms with Gasteiger partial charge < -0.3 is 5.32 Å². The van der Waals surface area contributed by atoms with E-state index in [1.807, 2.05) is 19.2 Å². The van der Waals surface area contributed by atoms with Gasteiger partial charge in [-0.05, 0) is 42.8 Å². The topological polar surface area (TPSA) is 49.4 Å². The first-order valence-corrected chi connectivity index (χ1v) is 9.66. The molecule has 4 nitrogen and oxygen atoms in total. The molecule has 0 aliphatic rings. The van der Waals surface area contributed by atoms with E-state index in [9.17, 15) is 8.42 Å². The molecule has 0 saturated heterocycles. The SMILES string of the molecule is CCCNCc1csc(S(=O)(=O)N(CCC)CCC)c1. The molecular weight excluding hydrogens is 292 g/mol. The van der Waals surface area contributed by atoms with E-state index in [-0.39, 0.29) is 0 Å². The highest BCUT2D eigenvalue weighted by Gasteiger charge is 2.24. The molecule has 1 rings (SSSR count). The van der Waals surface area contributed by atoms with Gasteiger partial charge in [0.2, 0.25) is 0 Å². The van der Waals surface area contributed by atoms with E-state index in [0.29, 0.717) is 17.3 Å². The third kappa shape index (κ3) is 4.84. The first-order valence-electron chi connectivity index (χ1n) is 7.34. The van der Waals surface area contributed by atoms with E-state index in [1.54, 1.807) is 10.4 Å². The summed E-state index contributed by atoms with van der Waals surface area (Å²) >= 11 is 1.32. The predicted molar refractivity (Wildman–Crippen MR) is 85.7 cm³/mol. The van der Waals surface area contributed by atoms with Crippen LogP contribution in [0.4, 0.5) is 0 Å². The van der Waals surface area contributed by atoms with Gasteiger partial charge in [0.1, 0.15) is 4.21 Å². The number of nitrogens with one attached hydrogen (secondary N) is 1. The normalized spacial score (nSPS) is 12.2. The molecule has 0 bridgehead atoms. The number of hydrogen-bond donors (Lipinski definition) is 1. The molecule has 6 heteroatoms. The lowest BCUT2D eigenvalue weighted by Crippen LogP contribution is -2.32. The third-order valence-corrected chi connectivity index (χ3v) is 6.29. The van der Waals surface area contributed by atoms with Crippen LogP contribution < -0.4 is 5.32 Å². The van der Waals surface area contributed by atoms with E-state index >= 15 is 0 Å². The number of sulfonamides is 1. The van der Waals surface area contributed by atoms with Crippen molar-refractivity contribution in [1.29, 1.82) is 0 Å². The molecule has 0 spiro atoms. The second-order valence-corrected chi connectivity index (χ2v) is 7.93. The molecule has 0 aromatic carbocycles. The Morgan fingerprint density at radius 3 is 2.35 bits per heavy atom. The Kier molecular flexibility index (Phi) is 7.72. The van der Waals surface area contributed by atoms with Gasteiger partial charge in [0.05, 0.1) is 0 Å². The number of hydrogen-bond acceptors (Lipinski definition) is 4. The molecule has 1 heterocycles. The summed E-state index contributed by atoms with van der Waals surface area (Å²) in [5.74, 6) is 0. The molecule has 0 saturated carbocycles. The molecule has 0 unspecified atom stereocenters. The Labute approximate surface area is 127 Å². The highest BCUT2D eigenvalue weighted by atomic mass is 32.2. The van der Waals surface area contributed by atoms with Crippen molar-refractivity contribution in [3.8, 4) is 0 Å². The van der Waals surface area contributed by atoms with Crippen LogP contribution in [0, 0.1) is 0 Å². The van der Waals surface area contributed by atoms with Crippen molar-refractivity contribution < 1.29 is 8.42 Å². The zero-order valence-corrected chi connectivity index (χ0v) is 14.3. The van der Waals surface area contributed by atoms with Crippen molar-refractivity contribution in [2.45, 2.75) is 50.8 Å². The lowest BCUT2D eigenvalue weighted by atomic mass is 10.3. The summed E-state index contributed by atoms with van der Waals surface area (Å²) in [4.78, 5) is 0. The maximum atomic E-state index is 12.6.